The Hall–Kier alpha value is -3.44. The molecule has 0 amide bonds. The first-order valence-electron chi connectivity index (χ1n) is 10.1. The Morgan fingerprint density at radius 2 is 2.15 bits per heavy atom. The van der Waals surface area contributed by atoms with Gasteiger partial charge in [0.2, 0.25) is 5.69 Å². The van der Waals surface area contributed by atoms with Crippen molar-refractivity contribution >= 4 is 40.6 Å². The maximum absolute atomic E-state index is 11.0. The molecule has 1 saturated heterocycles. The number of aromatic carboxylic acids is 1. The van der Waals surface area contributed by atoms with Crippen molar-refractivity contribution in [1.29, 1.82) is 5.26 Å². The van der Waals surface area contributed by atoms with Crippen LogP contribution >= 0.6 is 23.1 Å². The number of carbonyl (C=O) groups is 1. The van der Waals surface area contributed by atoms with Gasteiger partial charge in [0.05, 0.1) is 29.5 Å². The van der Waals surface area contributed by atoms with E-state index in [1.54, 1.807) is 24.3 Å². The molecule has 33 heavy (non-hydrogen) atoms. The summed E-state index contributed by atoms with van der Waals surface area (Å²) in [6, 6.07) is 8.78. The van der Waals surface area contributed by atoms with Gasteiger partial charge in [-0.25, -0.2) is 19.6 Å². The maximum Gasteiger partial charge on any atom is 0.335 e. The molecule has 1 aliphatic rings. The van der Waals surface area contributed by atoms with Crippen molar-refractivity contribution in [3.63, 3.8) is 0 Å². The van der Waals surface area contributed by atoms with Crippen LogP contribution in [0.4, 0.5) is 11.5 Å². The Bertz CT molecular complexity index is 1270. The third kappa shape index (κ3) is 4.83. The lowest BCUT2D eigenvalue weighted by atomic mass is 9.97. The van der Waals surface area contributed by atoms with Crippen LogP contribution in [-0.4, -0.2) is 27.7 Å². The van der Waals surface area contributed by atoms with Crippen molar-refractivity contribution < 1.29 is 14.6 Å². The predicted octanol–water partition coefficient (Wildman–Crippen LogP) is 5.44. The highest BCUT2D eigenvalue weighted by molar-refractivity contribution is 7.98. The predicted molar refractivity (Wildman–Crippen MR) is 126 cm³/mol. The van der Waals surface area contributed by atoms with E-state index in [1.807, 2.05) is 5.38 Å². The molecule has 8 nitrogen and oxygen atoms in total. The maximum atomic E-state index is 11.0. The molecule has 0 radical (unpaired) electrons. The number of aromatic nitrogens is 2. The molecule has 4 rings (SSSR count). The molecular weight excluding hydrogens is 458 g/mol. The lowest BCUT2D eigenvalue weighted by molar-refractivity contribution is 0.0151. The number of thioether (sulfide) groups is 1. The van der Waals surface area contributed by atoms with E-state index in [4.69, 9.17) is 22.1 Å². The summed E-state index contributed by atoms with van der Waals surface area (Å²) in [6.45, 7) is 8.13. The Balaban J connectivity index is 1.58. The molecule has 3 heterocycles. The number of ether oxygens (including phenoxy) is 1. The zero-order chi connectivity index (χ0) is 23.4. The van der Waals surface area contributed by atoms with E-state index in [0.717, 1.165) is 35.5 Å². The third-order valence-corrected chi connectivity index (χ3v) is 7.16. The van der Waals surface area contributed by atoms with Crippen LogP contribution in [0.3, 0.4) is 0 Å². The highest BCUT2D eigenvalue weighted by Crippen LogP contribution is 2.42. The minimum atomic E-state index is -0.972. The summed E-state index contributed by atoms with van der Waals surface area (Å²) in [6.07, 6.45) is 2.33. The lowest BCUT2D eigenvalue weighted by Gasteiger charge is -2.25. The number of hydrogen-bond donors (Lipinski definition) is 2. The number of nitrogens with zero attached hydrogens (tertiary/aromatic N) is 4. The first-order chi connectivity index (χ1) is 16.0. The van der Waals surface area contributed by atoms with Crippen LogP contribution in [0, 0.1) is 17.9 Å². The fraction of sp³-hybridized carbons (Fsp3) is 0.261. The van der Waals surface area contributed by atoms with Crippen molar-refractivity contribution in [3.8, 4) is 16.6 Å². The summed E-state index contributed by atoms with van der Waals surface area (Å²) in [4.78, 5) is 23.6. The molecule has 166 valence electrons. The average molecular weight is 478 g/mol. The quantitative estimate of drug-likeness (QED) is 0.355. The zero-order valence-corrected chi connectivity index (χ0v) is 19.1. The number of nitriles is 1. The van der Waals surface area contributed by atoms with Gasteiger partial charge < -0.3 is 15.6 Å². The number of carboxylic acid groups (broad SMARTS) is 1. The van der Waals surface area contributed by atoms with Crippen molar-refractivity contribution in [3.05, 3.63) is 63.4 Å². The standard InChI is InChI=1S/C23H19N5O3S2/c1-26-19-18(17-4-2-3-9-31-17)16(10-24)22(28-20(19)25)33-12-15-11-32-21(27-15)13-5-7-14(8-6-13)23(29)30/h5-8,11,17H,2-4,9,12H2,(H2,25,28)(H,29,30). The number of pyridine rings is 1. The van der Waals surface area contributed by atoms with Gasteiger partial charge in [0.15, 0.2) is 0 Å². The molecule has 0 bridgehead atoms. The summed E-state index contributed by atoms with van der Waals surface area (Å²) < 4.78 is 5.86. The van der Waals surface area contributed by atoms with E-state index in [2.05, 4.69) is 20.9 Å². The lowest BCUT2D eigenvalue weighted by Crippen LogP contribution is -2.14. The van der Waals surface area contributed by atoms with Gasteiger partial charge in [-0.15, -0.1) is 11.3 Å². The summed E-state index contributed by atoms with van der Waals surface area (Å²) in [5.74, 6) is -0.402. The second kappa shape index (κ2) is 10.0. The van der Waals surface area contributed by atoms with E-state index in [9.17, 15) is 10.1 Å². The van der Waals surface area contributed by atoms with Gasteiger partial charge in [-0.3, -0.25) is 0 Å². The molecule has 1 atom stereocenters. The summed E-state index contributed by atoms with van der Waals surface area (Å²) >= 11 is 2.80. The molecule has 0 spiro atoms. The van der Waals surface area contributed by atoms with E-state index in [1.165, 1.54) is 23.1 Å². The van der Waals surface area contributed by atoms with Crippen LogP contribution in [0.15, 0.2) is 34.7 Å². The number of nitrogen functional groups attached to an aromatic ring is 1. The van der Waals surface area contributed by atoms with Crippen molar-refractivity contribution in [2.45, 2.75) is 36.1 Å². The van der Waals surface area contributed by atoms with E-state index in [-0.39, 0.29) is 23.2 Å². The number of hydrogen-bond acceptors (Lipinski definition) is 8. The molecule has 1 aliphatic heterocycles. The highest BCUT2D eigenvalue weighted by atomic mass is 32.2. The van der Waals surface area contributed by atoms with Crippen LogP contribution in [-0.2, 0) is 10.5 Å². The monoisotopic (exact) mass is 477 g/mol. The zero-order valence-electron chi connectivity index (χ0n) is 17.4. The smallest absolute Gasteiger partial charge is 0.335 e. The SMILES string of the molecule is [C-]#[N+]c1c(N)nc(SCc2csc(-c3ccc(C(=O)O)cc3)n2)c(C#N)c1C1CCCCO1. The fourth-order valence-corrected chi connectivity index (χ4v) is 5.43. The minimum Gasteiger partial charge on any atom is -0.478 e. The second-order valence-corrected chi connectivity index (χ2v) is 9.16. The number of nitrogens with two attached hydrogens (primary N) is 1. The number of benzene rings is 1. The molecule has 0 aliphatic carbocycles. The number of carboxylic acids is 1. The van der Waals surface area contributed by atoms with E-state index >= 15 is 0 Å². The van der Waals surface area contributed by atoms with Crippen molar-refractivity contribution in [2.24, 2.45) is 0 Å². The topological polar surface area (TPSA) is 126 Å². The Morgan fingerprint density at radius 3 is 2.79 bits per heavy atom. The highest BCUT2D eigenvalue weighted by Gasteiger charge is 2.27. The molecule has 3 aromatic rings. The van der Waals surface area contributed by atoms with Crippen LogP contribution in [0.2, 0.25) is 0 Å². The van der Waals surface area contributed by atoms with Crippen molar-refractivity contribution in [1.82, 2.24) is 9.97 Å². The number of thiazole rings is 1. The molecule has 1 unspecified atom stereocenters. The molecule has 0 saturated carbocycles. The molecule has 1 fully saturated rings. The Labute approximate surface area is 198 Å². The van der Waals surface area contributed by atoms with E-state index in [0.29, 0.717) is 28.5 Å². The largest absolute Gasteiger partial charge is 0.478 e. The summed E-state index contributed by atoms with van der Waals surface area (Å²) in [7, 11) is 0. The minimum absolute atomic E-state index is 0.105. The summed E-state index contributed by atoms with van der Waals surface area (Å²) in [5.41, 5.74) is 9.02. The molecule has 2 aromatic heterocycles. The Kier molecular flexibility index (Phi) is 6.90. The first kappa shape index (κ1) is 22.7. The van der Waals surface area contributed by atoms with Gasteiger partial charge in [0, 0.05) is 28.9 Å². The Morgan fingerprint density at radius 1 is 1.36 bits per heavy atom. The fourth-order valence-electron chi connectivity index (χ4n) is 3.61. The normalized spacial score (nSPS) is 15.5. The average Bonchev–Trinajstić information content (AvgIpc) is 3.32. The van der Waals surface area contributed by atoms with Gasteiger partial charge >= 0.3 is 5.97 Å². The van der Waals surface area contributed by atoms with E-state index < -0.39 is 5.97 Å². The van der Waals surface area contributed by atoms with Gasteiger partial charge in [-0.05, 0) is 31.4 Å². The molecule has 1 aromatic carbocycles. The van der Waals surface area contributed by atoms with Crippen LogP contribution in [0.25, 0.3) is 15.4 Å². The van der Waals surface area contributed by atoms with Crippen LogP contribution in [0.1, 0.15) is 52.5 Å². The summed E-state index contributed by atoms with van der Waals surface area (Å²) in [5, 5.41) is 22.1. The first-order valence-corrected chi connectivity index (χ1v) is 12.0. The van der Waals surface area contributed by atoms with Gasteiger partial charge in [-0.2, -0.15) is 5.26 Å². The number of rotatable bonds is 6. The third-order valence-electron chi connectivity index (χ3n) is 5.22. The molecular formula is C23H19N5O3S2. The molecule has 3 N–H and O–H groups in total. The van der Waals surface area contributed by atoms with Gasteiger partial charge in [0.1, 0.15) is 21.9 Å². The van der Waals surface area contributed by atoms with Gasteiger partial charge in [0.25, 0.3) is 0 Å². The second-order valence-electron chi connectivity index (χ2n) is 7.33. The molecule has 10 heteroatoms. The van der Waals surface area contributed by atoms with Crippen LogP contribution < -0.4 is 5.73 Å². The van der Waals surface area contributed by atoms with Gasteiger partial charge in [-0.1, -0.05) is 23.9 Å². The number of anilines is 1. The van der Waals surface area contributed by atoms with Crippen molar-refractivity contribution in [2.75, 3.05) is 12.3 Å². The van der Waals surface area contributed by atoms with Crippen LogP contribution in [0.5, 0.6) is 0 Å².